The molecule has 0 aliphatic rings. The third-order valence-corrected chi connectivity index (χ3v) is 1.07. The molecule has 0 spiro atoms. The molecule has 0 saturated heterocycles. The van der Waals surface area contributed by atoms with Gasteiger partial charge in [0.15, 0.2) is 0 Å². The fraction of sp³-hybridized carbons (Fsp3) is 0.625. The van der Waals surface area contributed by atoms with Crippen molar-refractivity contribution in [1.82, 2.24) is 0 Å². The van der Waals surface area contributed by atoms with Gasteiger partial charge >= 0.3 is 26.2 Å². The van der Waals surface area contributed by atoms with Gasteiger partial charge < -0.3 is 20.3 Å². The van der Waals surface area contributed by atoms with E-state index in [0.717, 1.165) is 12.8 Å². The van der Waals surface area contributed by atoms with Gasteiger partial charge in [-0.2, -0.15) is 12.8 Å². The first-order valence-electron chi connectivity index (χ1n) is 3.32. The Morgan fingerprint density at radius 1 is 1.00 bits per heavy atom. The van der Waals surface area contributed by atoms with Crippen molar-refractivity contribution >= 4 is 0 Å². The molecular formula is C8H15Zr. The van der Waals surface area contributed by atoms with Gasteiger partial charge in [-0.25, -0.2) is 12.8 Å². The molecular weight excluding hydrogens is 187 g/mol. The maximum Gasteiger partial charge on any atom is 3.00 e. The molecule has 0 heterocycles. The summed E-state index contributed by atoms with van der Waals surface area (Å²) in [5.41, 5.74) is 0. The molecule has 0 aliphatic carbocycles. The summed E-state index contributed by atoms with van der Waals surface area (Å²) in [4.78, 5) is 0. The third kappa shape index (κ3) is 12.2. The van der Waals surface area contributed by atoms with E-state index in [0.29, 0.717) is 0 Å². The second-order valence-corrected chi connectivity index (χ2v) is 1.93. The Balaban J connectivity index is 0. The molecule has 0 fully saturated rings. The molecule has 1 heteroatoms. The second kappa shape index (κ2) is 11.7. The van der Waals surface area contributed by atoms with Crippen molar-refractivity contribution in [2.24, 2.45) is 0 Å². The van der Waals surface area contributed by atoms with E-state index in [1.165, 1.54) is 19.3 Å². The molecule has 0 unspecified atom stereocenters. The van der Waals surface area contributed by atoms with E-state index in [1.54, 1.807) is 0 Å². The van der Waals surface area contributed by atoms with Gasteiger partial charge in [-0.1, -0.05) is 0 Å². The largest absolute Gasteiger partial charge is 3.00 e. The Labute approximate surface area is 78.5 Å². The molecule has 0 N–H and O–H groups in total. The first kappa shape index (κ1) is 12.5. The Morgan fingerprint density at radius 3 is 2.11 bits per heavy atom. The Morgan fingerprint density at radius 2 is 1.67 bits per heavy atom. The molecule has 0 rings (SSSR count). The van der Waals surface area contributed by atoms with Gasteiger partial charge in [0.25, 0.3) is 0 Å². The normalized spacial score (nSPS) is 8.67. The minimum Gasteiger partial charge on any atom is -0.346 e. The van der Waals surface area contributed by atoms with Crippen LogP contribution in [-0.2, 0) is 26.2 Å². The quantitative estimate of drug-likeness (QED) is 0.475. The van der Waals surface area contributed by atoms with Gasteiger partial charge in [0.1, 0.15) is 0 Å². The van der Waals surface area contributed by atoms with Crippen molar-refractivity contribution in [2.45, 2.75) is 32.1 Å². The van der Waals surface area contributed by atoms with Crippen LogP contribution in [0.4, 0.5) is 0 Å². The van der Waals surface area contributed by atoms with Crippen LogP contribution in [0.3, 0.4) is 0 Å². The second-order valence-electron chi connectivity index (χ2n) is 1.93. The minimum absolute atomic E-state index is 0. The fourth-order valence-corrected chi connectivity index (χ4v) is 0.577. The van der Waals surface area contributed by atoms with Crippen LogP contribution in [0.25, 0.3) is 0 Å². The zero-order valence-electron chi connectivity index (χ0n) is 6.03. The average Bonchev–Trinajstić information content (AvgIpc) is 1.81. The summed E-state index contributed by atoms with van der Waals surface area (Å²) < 4.78 is 0. The third-order valence-electron chi connectivity index (χ3n) is 1.07. The van der Waals surface area contributed by atoms with Crippen LogP contribution in [0.1, 0.15) is 32.1 Å². The molecule has 0 bridgehead atoms. The molecule has 0 amide bonds. The van der Waals surface area contributed by atoms with Gasteiger partial charge in [0.2, 0.25) is 0 Å². The van der Waals surface area contributed by atoms with Crippen molar-refractivity contribution < 1.29 is 26.2 Å². The topological polar surface area (TPSA) is 0 Å². The smallest absolute Gasteiger partial charge is 0.346 e. The van der Waals surface area contributed by atoms with Crippen LogP contribution in [-0.4, -0.2) is 0 Å². The summed E-state index contributed by atoms with van der Waals surface area (Å²) in [6.07, 6.45) is 8.02. The summed E-state index contributed by atoms with van der Waals surface area (Å²) in [6, 6.07) is 0. The number of hydrogen-bond acceptors (Lipinski definition) is 0. The van der Waals surface area contributed by atoms with Gasteiger partial charge in [0, 0.05) is 0 Å². The van der Waals surface area contributed by atoms with E-state index < -0.39 is 0 Å². The maximum absolute atomic E-state index is 3.75. The first-order valence-corrected chi connectivity index (χ1v) is 3.32. The molecule has 1 radical (unpaired) electrons. The van der Waals surface area contributed by atoms with E-state index in [-0.39, 0.29) is 26.2 Å². The van der Waals surface area contributed by atoms with Crippen LogP contribution in [0, 0.1) is 20.3 Å². The van der Waals surface area contributed by atoms with Crippen LogP contribution in [0.15, 0.2) is 0 Å². The molecule has 0 saturated carbocycles. The van der Waals surface area contributed by atoms with Crippen molar-refractivity contribution in [1.29, 1.82) is 0 Å². The number of unbranched alkanes of at least 4 members (excludes halogenated alkanes) is 5. The van der Waals surface area contributed by atoms with Crippen molar-refractivity contribution in [3.8, 4) is 0 Å². The van der Waals surface area contributed by atoms with Gasteiger partial charge in [-0.05, 0) is 0 Å². The number of hydrogen-bond donors (Lipinski definition) is 0. The van der Waals surface area contributed by atoms with Crippen LogP contribution in [0.5, 0.6) is 0 Å². The predicted octanol–water partition coefficient (Wildman–Crippen LogP) is 2.81. The molecule has 0 nitrogen and oxygen atoms in total. The molecule has 9 heavy (non-hydrogen) atoms. The molecule has 0 atom stereocenters. The van der Waals surface area contributed by atoms with E-state index in [1.807, 2.05) is 0 Å². The van der Waals surface area contributed by atoms with Gasteiger partial charge in [0.05, 0.1) is 0 Å². The standard InChI is InChI=1S/C8H15.Zr/c1-3-5-7-8-6-4-2;/h7H,1-6,8H2;/q-3;+3. The monoisotopic (exact) mass is 201 g/mol. The SMILES string of the molecule is [CH2-]CC[CH-]CCC[CH2-].[Zr+3]. The molecule has 0 aliphatic heterocycles. The van der Waals surface area contributed by atoms with E-state index in [4.69, 9.17) is 0 Å². The fourth-order valence-electron chi connectivity index (χ4n) is 0.577. The Hall–Kier alpha value is 0.883. The Bertz CT molecular complexity index is 29.5. The molecule has 0 aromatic rings. The summed E-state index contributed by atoms with van der Waals surface area (Å²) >= 11 is 0. The number of rotatable bonds is 5. The first-order chi connectivity index (χ1) is 3.91. The van der Waals surface area contributed by atoms with Crippen LogP contribution in [0.2, 0.25) is 0 Å². The molecule has 0 aromatic heterocycles. The zero-order chi connectivity index (χ0) is 6.24. The molecule has 51 valence electrons. The summed E-state index contributed by atoms with van der Waals surface area (Å²) in [5, 5.41) is 0. The van der Waals surface area contributed by atoms with Crippen molar-refractivity contribution in [3.05, 3.63) is 20.3 Å². The maximum atomic E-state index is 3.75. The van der Waals surface area contributed by atoms with E-state index in [2.05, 4.69) is 20.3 Å². The van der Waals surface area contributed by atoms with E-state index >= 15 is 0 Å². The van der Waals surface area contributed by atoms with Crippen LogP contribution < -0.4 is 0 Å². The van der Waals surface area contributed by atoms with Gasteiger partial charge in [-0.3, -0.25) is 0 Å². The van der Waals surface area contributed by atoms with Crippen molar-refractivity contribution in [2.75, 3.05) is 0 Å². The molecule has 0 aromatic carbocycles. The summed E-state index contributed by atoms with van der Waals surface area (Å²) in [5.74, 6) is 0. The predicted molar refractivity (Wildman–Crippen MR) is 38.1 cm³/mol. The zero-order valence-corrected chi connectivity index (χ0v) is 8.49. The summed E-state index contributed by atoms with van der Waals surface area (Å²) in [7, 11) is 0. The van der Waals surface area contributed by atoms with Gasteiger partial charge in [-0.15, -0.1) is 6.42 Å². The minimum atomic E-state index is 0. The Kier molecular flexibility index (Phi) is 16.2. The van der Waals surface area contributed by atoms with E-state index in [9.17, 15) is 0 Å². The van der Waals surface area contributed by atoms with Crippen molar-refractivity contribution in [3.63, 3.8) is 0 Å². The van der Waals surface area contributed by atoms with Crippen LogP contribution >= 0.6 is 0 Å². The summed E-state index contributed by atoms with van der Waals surface area (Å²) in [6.45, 7) is 7.48. The average molecular weight is 202 g/mol.